The van der Waals surface area contributed by atoms with Gasteiger partial charge in [-0.05, 0) is 16.7 Å². The Kier molecular flexibility index (Phi) is 6.69. The normalized spacial score (nSPS) is 11.1. The van der Waals surface area contributed by atoms with Gasteiger partial charge in [0.2, 0.25) is 0 Å². The fraction of sp³-hybridized carbons (Fsp3) is 0.174. The van der Waals surface area contributed by atoms with Crippen LogP contribution in [0.25, 0.3) is 0 Å². The summed E-state index contributed by atoms with van der Waals surface area (Å²) < 4.78 is 0. The molecule has 2 N–H and O–H groups in total. The first-order valence-corrected chi connectivity index (χ1v) is 10.0. The van der Waals surface area contributed by atoms with Crippen LogP contribution in [0.2, 0.25) is 0 Å². The van der Waals surface area contributed by atoms with Crippen molar-refractivity contribution in [2.75, 3.05) is 19.3 Å². The number of rotatable bonds is 7. The van der Waals surface area contributed by atoms with Gasteiger partial charge in [0.25, 0.3) is 5.24 Å². The second-order valence-corrected chi connectivity index (χ2v) is 7.23. The third-order valence-corrected chi connectivity index (χ3v) is 5.42. The molecule has 3 rings (SSSR count). The Labute approximate surface area is 165 Å². The van der Waals surface area contributed by atoms with Gasteiger partial charge in [-0.25, -0.2) is 0 Å². The van der Waals surface area contributed by atoms with E-state index in [-0.39, 0.29) is 5.24 Å². The van der Waals surface area contributed by atoms with Crippen LogP contribution >= 0.6 is 11.8 Å². The number of hydrogen-bond acceptors (Lipinski definition) is 3. The van der Waals surface area contributed by atoms with Gasteiger partial charge in [-0.2, -0.15) is 0 Å². The van der Waals surface area contributed by atoms with Gasteiger partial charge >= 0.3 is 0 Å². The number of hydrogen-bond donors (Lipinski definition) is 2. The molecule has 4 heteroatoms. The second kappa shape index (κ2) is 9.40. The van der Waals surface area contributed by atoms with Crippen molar-refractivity contribution in [2.45, 2.75) is 5.54 Å². The van der Waals surface area contributed by atoms with Gasteiger partial charge in [-0.1, -0.05) is 103 Å². The van der Waals surface area contributed by atoms with E-state index in [2.05, 4.69) is 83.4 Å². The molecule has 3 aromatic carbocycles. The molecule has 0 saturated carbocycles. The summed E-state index contributed by atoms with van der Waals surface area (Å²) in [6.07, 6.45) is 0. The van der Waals surface area contributed by atoms with Crippen LogP contribution in [0.3, 0.4) is 0 Å². The first-order valence-electron chi connectivity index (χ1n) is 9.03. The van der Waals surface area contributed by atoms with Crippen molar-refractivity contribution in [3.63, 3.8) is 0 Å². The Morgan fingerprint density at radius 1 is 0.778 bits per heavy atom. The molecule has 3 nitrogen and oxygen atoms in total. The summed E-state index contributed by atoms with van der Waals surface area (Å²) in [6, 6.07) is 31.4. The molecular weight excluding hydrogens is 352 g/mol. The average Bonchev–Trinajstić information content (AvgIpc) is 2.75. The maximum absolute atomic E-state index is 11.6. The fourth-order valence-electron chi connectivity index (χ4n) is 3.33. The maximum Gasteiger partial charge on any atom is 0.278 e. The van der Waals surface area contributed by atoms with E-state index in [1.165, 1.54) is 28.5 Å². The largest absolute Gasteiger partial charge is 0.350 e. The molecule has 0 bridgehead atoms. The summed E-state index contributed by atoms with van der Waals surface area (Å²) in [7, 11) is 1.66. The SMILES string of the molecule is CNC(=O)SCCNC(c1ccccc1)(c1ccccc1)c1ccccc1. The summed E-state index contributed by atoms with van der Waals surface area (Å²) in [5.41, 5.74) is 3.04. The smallest absolute Gasteiger partial charge is 0.278 e. The molecule has 27 heavy (non-hydrogen) atoms. The van der Waals surface area contributed by atoms with Gasteiger partial charge < -0.3 is 5.32 Å². The van der Waals surface area contributed by atoms with E-state index >= 15 is 0 Å². The van der Waals surface area contributed by atoms with Gasteiger partial charge in [0.15, 0.2) is 0 Å². The molecule has 0 aliphatic rings. The zero-order valence-corrected chi connectivity index (χ0v) is 16.2. The van der Waals surface area contributed by atoms with Crippen LogP contribution in [0.4, 0.5) is 4.79 Å². The van der Waals surface area contributed by atoms with E-state index < -0.39 is 5.54 Å². The first-order chi connectivity index (χ1) is 13.3. The van der Waals surface area contributed by atoms with E-state index in [9.17, 15) is 4.79 Å². The standard InChI is InChI=1S/C23H24N2OS/c1-24-22(26)27-18-17-25-23(19-11-5-2-6-12-19,20-13-7-3-8-14-20)21-15-9-4-10-16-21/h2-16,25H,17-18H2,1H3,(H,24,26). The molecule has 0 fully saturated rings. The lowest BCUT2D eigenvalue weighted by molar-refractivity contribution is 0.262. The van der Waals surface area contributed by atoms with Crippen molar-refractivity contribution < 1.29 is 4.79 Å². The maximum atomic E-state index is 11.6. The van der Waals surface area contributed by atoms with Crippen LogP contribution in [0, 0.1) is 0 Å². The monoisotopic (exact) mass is 376 g/mol. The van der Waals surface area contributed by atoms with Crippen molar-refractivity contribution in [1.29, 1.82) is 0 Å². The molecule has 138 valence electrons. The number of benzene rings is 3. The zero-order chi connectivity index (χ0) is 19.0. The highest BCUT2D eigenvalue weighted by Gasteiger charge is 2.35. The van der Waals surface area contributed by atoms with Crippen LogP contribution < -0.4 is 10.6 Å². The Morgan fingerprint density at radius 3 is 1.56 bits per heavy atom. The van der Waals surface area contributed by atoms with Crippen LogP contribution in [-0.4, -0.2) is 24.6 Å². The van der Waals surface area contributed by atoms with Crippen LogP contribution in [0.5, 0.6) is 0 Å². The molecule has 0 aliphatic carbocycles. The molecule has 1 amide bonds. The second-order valence-electron chi connectivity index (χ2n) is 6.16. The average molecular weight is 377 g/mol. The van der Waals surface area contributed by atoms with E-state index in [1.807, 2.05) is 18.2 Å². The predicted molar refractivity (Wildman–Crippen MR) is 114 cm³/mol. The molecule has 0 heterocycles. The Bertz CT molecular complexity index is 741. The minimum atomic E-state index is -0.479. The molecule has 0 saturated heterocycles. The predicted octanol–water partition coefficient (Wildman–Crippen LogP) is 4.64. The minimum Gasteiger partial charge on any atom is -0.350 e. The van der Waals surface area contributed by atoms with Crippen molar-refractivity contribution in [2.24, 2.45) is 0 Å². The van der Waals surface area contributed by atoms with Crippen molar-refractivity contribution in [3.05, 3.63) is 108 Å². The summed E-state index contributed by atoms with van der Waals surface area (Å²) in [5.74, 6) is 0.688. The quantitative estimate of drug-likeness (QED) is 0.466. The fourth-order valence-corrected chi connectivity index (χ4v) is 3.86. The molecule has 0 unspecified atom stereocenters. The summed E-state index contributed by atoms with van der Waals surface area (Å²) >= 11 is 1.29. The topological polar surface area (TPSA) is 41.1 Å². The summed E-state index contributed by atoms with van der Waals surface area (Å²) in [6.45, 7) is 0.691. The third-order valence-electron chi connectivity index (χ3n) is 4.55. The highest BCUT2D eigenvalue weighted by molar-refractivity contribution is 8.13. The lowest BCUT2D eigenvalue weighted by Gasteiger charge is -2.37. The zero-order valence-electron chi connectivity index (χ0n) is 15.4. The number of carbonyl (C=O) groups excluding carboxylic acids is 1. The van der Waals surface area contributed by atoms with Gasteiger partial charge in [0.1, 0.15) is 0 Å². The van der Waals surface area contributed by atoms with Gasteiger partial charge in [0, 0.05) is 19.3 Å². The summed E-state index contributed by atoms with van der Waals surface area (Å²) in [4.78, 5) is 11.6. The molecule has 0 radical (unpaired) electrons. The molecular formula is C23H24N2OS. The minimum absolute atomic E-state index is 0.0125. The van der Waals surface area contributed by atoms with Gasteiger partial charge in [-0.15, -0.1) is 0 Å². The van der Waals surface area contributed by atoms with Crippen LogP contribution in [0.15, 0.2) is 91.0 Å². The molecule has 3 aromatic rings. The number of thioether (sulfide) groups is 1. The van der Waals surface area contributed by atoms with Gasteiger partial charge in [0.05, 0.1) is 5.54 Å². The molecule has 0 atom stereocenters. The Balaban J connectivity index is 2.04. The van der Waals surface area contributed by atoms with E-state index in [4.69, 9.17) is 0 Å². The number of carbonyl (C=O) groups is 1. The number of nitrogens with one attached hydrogen (secondary N) is 2. The molecule has 0 aliphatic heterocycles. The van der Waals surface area contributed by atoms with Crippen LogP contribution in [-0.2, 0) is 5.54 Å². The van der Waals surface area contributed by atoms with E-state index in [0.717, 1.165) is 0 Å². The highest BCUT2D eigenvalue weighted by Crippen LogP contribution is 2.36. The van der Waals surface area contributed by atoms with E-state index in [0.29, 0.717) is 12.3 Å². The number of amides is 1. The van der Waals surface area contributed by atoms with Crippen molar-refractivity contribution in [3.8, 4) is 0 Å². The van der Waals surface area contributed by atoms with Crippen LogP contribution in [0.1, 0.15) is 16.7 Å². The van der Waals surface area contributed by atoms with Gasteiger partial charge in [-0.3, -0.25) is 10.1 Å². The Morgan fingerprint density at radius 2 is 1.19 bits per heavy atom. The first kappa shape index (κ1) is 19.2. The van der Waals surface area contributed by atoms with Crippen molar-refractivity contribution >= 4 is 17.0 Å². The summed E-state index contributed by atoms with van der Waals surface area (Å²) in [5, 5.41) is 6.40. The molecule has 0 aromatic heterocycles. The Hall–Kier alpha value is -2.56. The lowest BCUT2D eigenvalue weighted by atomic mass is 9.77. The molecule has 0 spiro atoms. The lowest BCUT2D eigenvalue weighted by Crippen LogP contribution is -2.45. The van der Waals surface area contributed by atoms with Crippen molar-refractivity contribution in [1.82, 2.24) is 10.6 Å². The highest BCUT2D eigenvalue weighted by atomic mass is 32.2. The van der Waals surface area contributed by atoms with E-state index in [1.54, 1.807) is 7.05 Å². The third kappa shape index (κ3) is 4.41.